The number of para-hydroxylation sites is 1. The number of aromatic nitrogens is 2. The highest BCUT2D eigenvalue weighted by Crippen LogP contribution is 2.30. The highest BCUT2D eigenvalue weighted by molar-refractivity contribution is 6.31. The smallest absolute Gasteiger partial charge is 0.308 e. The number of carbonyl (C=O) groups is 1. The maximum Gasteiger partial charge on any atom is 0.308 e. The van der Waals surface area contributed by atoms with E-state index in [1.54, 1.807) is 60.7 Å². The Labute approximate surface area is 210 Å². The topological polar surface area (TPSA) is 95.9 Å². The fraction of sp³-hybridized carbons (Fsp3) is 0.111. The third-order valence-corrected chi connectivity index (χ3v) is 5.53. The van der Waals surface area contributed by atoms with Crippen LogP contribution in [0.25, 0.3) is 33.5 Å². The minimum Gasteiger partial charge on any atom is -0.490 e. The van der Waals surface area contributed by atoms with Crippen molar-refractivity contribution in [2.75, 3.05) is 6.61 Å². The van der Waals surface area contributed by atoms with Crippen molar-refractivity contribution in [2.24, 2.45) is 5.10 Å². The van der Waals surface area contributed by atoms with Crippen LogP contribution in [0.15, 0.2) is 81.0 Å². The summed E-state index contributed by atoms with van der Waals surface area (Å²) >= 11 is 6.13. The van der Waals surface area contributed by atoms with Crippen molar-refractivity contribution in [1.82, 2.24) is 9.66 Å². The van der Waals surface area contributed by atoms with E-state index in [0.717, 1.165) is 5.39 Å². The minimum atomic E-state index is -0.456. The molecule has 0 N–H and O–H groups in total. The lowest BCUT2D eigenvalue weighted by Gasteiger charge is -2.10. The van der Waals surface area contributed by atoms with E-state index in [4.69, 9.17) is 25.5 Å². The van der Waals surface area contributed by atoms with E-state index >= 15 is 0 Å². The maximum atomic E-state index is 13.4. The first-order chi connectivity index (χ1) is 17.4. The van der Waals surface area contributed by atoms with Crippen LogP contribution in [0.5, 0.6) is 11.5 Å². The number of hydrogen-bond donors (Lipinski definition) is 0. The predicted octanol–water partition coefficient (Wildman–Crippen LogP) is 5.67. The third kappa shape index (κ3) is 4.58. The van der Waals surface area contributed by atoms with Gasteiger partial charge in [0.25, 0.3) is 5.56 Å². The second kappa shape index (κ2) is 9.67. The molecule has 9 heteroatoms. The van der Waals surface area contributed by atoms with E-state index in [0.29, 0.717) is 50.9 Å². The Morgan fingerprint density at radius 3 is 2.75 bits per heavy atom. The number of esters is 1. The number of benzene rings is 3. The van der Waals surface area contributed by atoms with Crippen molar-refractivity contribution in [3.05, 3.63) is 87.7 Å². The van der Waals surface area contributed by atoms with Gasteiger partial charge in [0.2, 0.25) is 5.82 Å². The van der Waals surface area contributed by atoms with Crippen LogP contribution in [0.4, 0.5) is 0 Å². The lowest BCUT2D eigenvalue weighted by Crippen LogP contribution is -2.20. The Morgan fingerprint density at radius 2 is 1.94 bits per heavy atom. The van der Waals surface area contributed by atoms with Crippen molar-refractivity contribution in [2.45, 2.75) is 13.8 Å². The van der Waals surface area contributed by atoms with Gasteiger partial charge >= 0.3 is 5.97 Å². The molecule has 0 saturated heterocycles. The second-order valence-corrected chi connectivity index (χ2v) is 8.28. The van der Waals surface area contributed by atoms with Crippen LogP contribution in [-0.2, 0) is 4.79 Å². The van der Waals surface area contributed by atoms with Gasteiger partial charge in [0, 0.05) is 17.3 Å². The number of furan rings is 1. The zero-order valence-corrected chi connectivity index (χ0v) is 20.2. The van der Waals surface area contributed by atoms with E-state index in [2.05, 4.69) is 10.1 Å². The molecule has 0 fully saturated rings. The average molecular weight is 502 g/mol. The summed E-state index contributed by atoms with van der Waals surface area (Å²) in [5.41, 5.74) is 1.39. The third-order valence-electron chi connectivity index (χ3n) is 5.30. The fourth-order valence-electron chi connectivity index (χ4n) is 3.75. The molecule has 0 unspecified atom stereocenters. The summed E-state index contributed by atoms with van der Waals surface area (Å²) in [6.07, 6.45) is 1.50. The summed E-state index contributed by atoms with van der Waals surface area (Å²) in [6.45, 7) is 3.52. The Morgan fingerprint density at radius 1 is 1.11 bits per heavy atom. The van der Waals surface area contributed by atoms with Crippen LogP contribution in [-0.4, -0.2) is 28.5 Å². The van der Waals surface area contributed by atoms with Crippen LogP contribution >= 0.6 is 11.6 Å². The van der Waals surface area contributed by atoms with Gasteiger partial charge in [0.1, 0.15) is 5.58 Å². The van der Waals surface area contributed by atoms with E-state index in [9.17, 15) is 9.59 Å². The zero-order chi connectivity index (χ0) is 25.2. The summed E-state index contributed by atoms with van der Waals surface area (Å²) < 4.78 is 18.0. The molecule has 2 heterocycles. The molecule has 36 heavy (non-hydrogen) atoms. The molecule has 5 aromatic rings. The van der Waals surface area contributed by atoms with Crippen LogP contribution in [0.2, 0.25) is 5.02 Å². The summed E-state index contributed by atoms with van der Waals surface area (Å²) in [6, 6.07) is 19.0. The van der Waals surface area contributed by atoms with Gasteiger partial charge in [-0.25, -0.2) is 4.98 Å². The molecule has 8 nitrogen and oxygen atoms in total. The normalized spacial score (nSPS) is 11.4. The van der Waals surface area contributed by atoms with Crippen LogP contribution in [0.3, 0.4) is 0 Å². The van der Waals surface area contributed by atoms with Gasteiger partial charge in [-0.05, 0) is 67.1 Å². The van der Waals surface area contributed by atoms with Gasteiger partial charge in [-0.3, -0.25) is 9.59 Å². The minimum absolute atomic E-state index is 0.240. The van der Waals surface area contributed by atoms with Gasteiger partial charge < -0.3 is 13.9 Å². The number of nitrogens with zero attached hydrogens (tertiary/aromatic N) is 3. The number of hydrogen-bond acceptors (Lipinski definition) is 7. The van der Waals surface area contributed by atoms with Crippen molar-refractivity contribution in [1.29, 1.82) is 0 Å². The van der Waals surface area contributed by atoms with Crippen LogP contribution in [0, 0.1) is 0 Å². The molecule has 2 aromatic heterocycles. The molecule has 0 aliphatic rings. The Kier molecular flexibility index (Phi) is 6.26. The lowest BCUT2D eigenvalue weighted by molar-refractivity contribution is -0.132. The Balaban J connectivity index is 1.64. The van der Waals surface area contributed by atoms with E-state index in [-0.39, 0.29) is 11.4 Å². The number of rotatable bonds is 6. The monoisotopic (exact) mass is 501 g/mol. The molecule has 0 spiro atoms. The van der Waals surface area contributed by atoms with Gasteiger partial charge in [-0.15, -0.1) is 0 Å². The average Bonchev–Trinajstić information content (AvgIpc) is 3.28. The molecule has 0 saturated carbocycles. The van der Waals surface area contributed by atoms with E-state index in [1.165, 1.54) is 17.8 Å². The zero-order valence-electron chi connectivity index (χ0n) is 19.4. The molecule has 180 valence electrons. The largest absolute Gasteiger partial charge is 0.490 e. The second-order valence-electron chi connectivity index (χ2n) is 7.84. The summed E-state index contributed by atoms with van der Waals surface area (Å²) in [4.78, 5) is 29.5. The number of carbonyl (C=O) groups excluding carboxylic acids is 1. The van der Waals surface area contributed by atoms with Gasteiger partial charge in [0.15, 0.2) is 17.3 Å². The number of ether oxygens (including phenoxy) is 2. The maximum absolute atomic E-state index is 13.4. The molecule has 0 aliphatic carbocycles. The van der Waals surface area contributed by atoms with E-state index < -0.39 is 5.97 Å². The quantitative estimate of drug-likeness (QED) is 0.169. The summed E-state index contributed by atoms with van der Waals surface area (Å²) in [5.74, 6) is 0.835. The molecule has 0 aliphatic heterocycles. The number of halogens is 1. The molecule has 0 radical (unpaired) electrons. The van der Waals surface area contributed by atoms with Gasteiger partial charge in [-0.2, -0.15) is 9.78 Å². The van der Waals surface area contributed by atoms with Crippen molar-refractivity contribution in [3.8, 4) is 23.1 Å². The van der Waals surface area contributed by atoms with Crippen molar-refractivity contribution >= 4 is 45.7 Å². The first kappa shape index (κ1) is 23.3. The molecular weight excluding hydrogens is 482 g/mol. The van der Waals surface area contributed by atoms with Gasteiger partial charge in [-0.1, -0.05) is 23.7 Å². The Hall–Kier alpha value is -4.43. The SMILES string of the molecule is CCOc1cc(C=Nn2c(-c3cc4cc(Cl)ccc4o3)nc3ccccc3c2=O)ccc1OC(C)=O. The van der Waals surface area contributed by atoms with Crippen molar-refractivity contribution in [3.63, 3.8) is 0 Å². The fourth-order valence-corrected chi connectivity index (χ4v) is 3.93. The summed E-state index contributed by atoms with van der Waals surface area (Å²) in [7, 11) is 0. The molecule has 3 aromatic carbocycles. The molecular formula is C27H20ClN3O5. The Bertz CT molecular complexity index is 1700. The highest BCUT2D eigenvalue weighted by Gasteiger charge is 2.17. The highest BCUT2D eigenvalue weighted by atomic mass is 35.5. The molecule has 0 amide bonds. The van der Waals surface area contributed by atoms with Gasteiger partial charge in [0.05, 0.1) is 23.7 Å². The van der Waals surface area contributed by atoms with Crippen molar-refractivity contribution < 1.29 is 18.7 Å². The van der Waals surface area contributed by atoms with Crippen LogP contribution in [0.1, 0.15) is 19.4 Å². The van der Waals surface area contributed by atoms with Crippen LogP contribution < -0.4 is 15.0 Å². The predicted molar refractivity (Wildman–Crippen MR) is 138 cm³/mol. The lowest BCUT2D eigenvalue weighted by atomic mass is 10.2. The summed E-state index contributed by atoms with van der Waals surface area (Å²) in [5, 5.41) is 6.21. The number of fused-ring (bicyclic) bond motifs is 2. The molecule has 0 atom stereocenters. The molecule has 0 bridgehead atoms. The standard InChI is InChI=1S/C27H20ClN3O5/c1-3-34-24-12-17(8-10-23(24)35-16(2)32)15-29-31-26(30-21-7-5-4-6-20(21)27(31)33)25-14-18-13-19(28)9-11-22(18)36-25/h4-15H,3H2,1-2H3. The van der Waals surface area contributed by atoms with E-state index in [1.807, 2.05) is 13.0 Å². The molecule has 5 rings (SSSR count). The first-order valence-corrected chi connectivity index (χ1v) is 11.5. The first-order valence-electron chi connectivity index (χ1n) is 11.1.